The van der Waals surface area contributed by atoms with Crippen LogP contribution in [0.25, 0.3) is 5.76 Å². The Bertz CT molecular complexity index is 1330. The molecule has 0 spiro atoms. The third-order valence-electron chi connectivity index (χ3n) is 6.26. The Hall–Kier alpha value is -3.77. The molecule has 1 fully saturated rings. The largest absolute Gasteiger partial charge is 0.507 e. The molecule has 3 aromatic rings. The lowest BCUT2D eigenvalue weighted by atomic mass is 9.94. The number of nitrogens with zero attached hydrogens (tertiary/aromatic N) is 1. The van der Waals surface area contributed by atoms with Crippen LogP contribution >= 0.6 is 11.6 Å². The number of hydrogen-bond donors (Lipinski definition) is 1. The van der Waals surface area contributed by atoms with E-state index in [0.717, 1.165) is 11.1 Å². The quantitative estimate of drug-likeness (QED) is 0.214. The van der Waals surface area contributed by atoms with Crippen LogP contribution in [-0.2, 0) is 16.1 Å². The number of rotatable bonds is 8. The summed E-state index contributed by atoms with van der Waals surface area (Å²) in [6.45, 7) is 6.76. The molecule has 6 nitrogen and oxygen atoms in total. The van der Waals surface area contributed by atoms with E-state index in [1.54, 1.807) is 61.7 Å². The molecule has 0 aliphatic carbocycles. The lowest BCUT2D eigenvalue weighted by Crippen LogP contribution is -2.29. The molecule has 1 aliphatic heterocycles. The van der Waals surface area contributed by atoms with Gasteiger partial charge in [-0.3, -0.25) is 9.59 Å². The zero-order chi connectivity index (χ0) is 26.7. The van der Waals surface area contributed by atoms with Gasteiger partial charge in [0, 0.05) is 17.1 Å². The molecule has 1 heterocycles. The zero-order valence-corrected chi connectivity index (χ0v) is 22.1. The second-order valence-corrected chi connectivity index (χ2v) is 9.95. The fourth-order valence-electron chi connectivity index (χ4n) is 4.33. The number of carbonyl (C=O) groups excluding carboxylic acids is 2. The average molecular weight is 520 g/mol. The van der Waals surface area contributed by atoms with Gasteiger partial charge in [0.2, 0.25) is 0 Å². The monoisotopic (exact) mass is 519 g/mol. The number of methoxy groups -OCH3 is 1. The van der Waals surface area contributed by atoms with Crippen LogP contribution in [0.3, 0.4) is 0 Å². The highest BCUT2D eigenvalue weighted by Crippen LogP contribution is 2.41. The summed E-state index contributed by atoms with van der Waals surface area (Å²) in [4.78, 5) is 28.1. The van der Waals surface area contributed by atoms with Crippen molar-refractivity contribution < 1.29 is 24.2 Å². The molecule has 7 heteroatoms. The molecule has 37 heavy (non-hydrogen) atoms. The van der Waals surface area contributed by atoms with Crippen LogP contribution in [0.2, 0.25) is 5.02 Å². The Kier molecular flexibility index (Phi) is 7.89. The number of ketones is 1. The molecule has 1 amide bonds. The Balaban J connectivity index is 1.77. The lowest BCUT2D eigenvalue weighted by Gasteiger charge is -2.25. The van der Waals surface area contributed by atoms with E-state index >= 15 is 0 Å². The van der Waals surface area contributed by atoms with Crippen LogP contribution in [-0.4, -0.2) is 35.4 Å². The molecule has 1 unspecified atom stereocenters. The Morgan fingerprint density at radius 2 is 1.70 bits per heavy atom. The number of amides is 1. The van der Waals surface area contributed by atoms with Crippen molar-refractivity contribution in [3.8, 4) is 11.5 Å². The van der Waals surface area contributed by atoms with Gasteiger partial charge in [-0.05, 0) is 72.0 Å². The molecule has 3 aromatic carbocycles. The van der Waals surface area contributed by atoms with Crippen molar-refractivity contribution in [3.05, 3.63) is 99.6 Å². The molecular weight excluding hydrogens is 490 g/mol. The maximum absolute atomic E-state index is 13.3. The fraction of sp³-hybridized carbons (Fsp3) is 0.267. The van der Waals surface area contributed by atoms with E-state index < -0.39 is 17.7 Å². The molecule has 0 aromatic heterocycles. The summed E-state index contributed by atoms with van der Waals surface area (Å²) in [6, 6.07) is 18.7. The minimum atomic E-state index is -0.781. The number of likely N-dealkylation sites (tertiary alicyclic amines) is 1. The maximum Gasteiger partial charge on any atom is 0.295 e. The molecule has 1 atom stereocenters. The number of benzene rings is 3. The van der Waals surface area contributed by atoms with Crippen molar-refractivity contribution in [1.82, 2.24) is 4.90 Å². The van der Waals surface area contributed by atoms with Crippen molar-refractivity contribution in [1.29, 1.82) is 0 Å². The Morgan fingerprint density at radius 1 is 1.03 bits per heavy atom. The molecule has 1 aliphatic rings. The van der Waals surface area contributed by atoms with Crippen LogP contribution in [0, 0.1) is 12.8 Å². The Morgan fingerprint density at radius 3 is 2.30 bits per heavy atom. The predicted octanol–water partition coefficient (Wildman–Crippen LogP) is 6.31. The van der Waals surface area contributed by atoms with Crippen molar-refractivity contribution in [3.63, 3.8) is 0 Å². The fourth-order valence-corrected chi connectivity index (χ4v) is 4.46. The van der Waals surface area contributed by atoms with Gasteiger partial charge in [-0.15, -0.1) is 0 Å². The van der Waals surface area contributed by atoms with Crippen LogP contribution in [0.4, 0.5) is 0 Å². The van der Waals surface area contributed by atoms with Crippen molar-refractivity contribution in [2.75, 3.05) is 13.7 Å². The number of aliphatic hydroxyl groups is 1. The minimum absolute atomic E-state index is 0.0380. The van der Waals surface area contributed by atoms with Crippen LogP contribution < -0.4 is 9.47 Å². The summed E-state index contributed by atoms with van der Waals surface area (Å²) in [6.07, 6.45) is 0. The first-order valence-electron chi connectivity index (χ1n) is 12.1. The number of aliphatic hydroxyl groups excluding tert-OH is 1. The van der Waals surface area contributed by atoms with E-state index in [1.165, 1.54) is 4.90 Å². The number of hydrogen-bond acceptors (Lipinski definition) is 5. The van der Waals surface area contributed by atoms with Gasteiger partial charge >= 0.3 is 0 Å². The van der Waals surface area contributed by atoms with Gasteiger partial charge in [-0.1, -0.05) is 49.7 Å². The molecule has 1 saturated heterocycles. The summed E-state index contributed by atoms with van der Waals surface area (Å²) in [7, 11) is 1.58. The van der Waals surface area contributed by atoms with Gasteiger partial charge < -0.3 is 19.5 Å². The molecular formula is C30H30ClNO5. The predicted molar refractivity (Wildman–Crippen MR) is 144 cm³/mol. The maximum atomic E-state index is 13.3. The highest BCUT2D eigenvalue weighted by molar-refractivity contribution is 6.46. The molecule has 0 saturated carbocycles. The molecule has 4 rings (SSSR count). The van der Waals surface area contributed by atoms with Crippen molar-refractivity contribution in [2.24, 2.45) is 5.92 Å². The second-order valence-electron chi connectivity index (χ2n) is 9.51. The van der Waals surface area contributed by atoms with E-state index in [0.29, 0.717) is 40.2 Å². The molecule has 192 valence electrons. The summed E-state index contributed by atoms with van der Waals surface area (Å²) in [5, 5.41) is 11.9. The number of halogens is 1. The minimum Gasteiger partial charge on any atom is -0.507 e. The smallest absolute Gasteiger partial charge is 0.295 e. The number of Topliss-reactive ketones (excluding diaryl/α,β-unsaturated/α-hetero) is 1. The highest BCUT2D eigenvalue weighted by Gasteiger charge is 2.46. The van der Waals surface area contributed by atoms with E-state index in [-0.39, 0.29) is 17.9 Å². The first-order chi connectivity index (χ1) is 17.7. The van der Waals surface area contributed by atoms with Crippen LogP contribution in [0.15, 0.2) is 72.3 Å². The van der Waals surface area contributed by atoms with Gasteiger partial charge in [0.1, 0.15) is 17.3 Å². The first-order valence-corrected chi connectivity index (χ1v) is 12.5. The van der Waals surface area contributed by atoms with E-state index in [9.17, 15) is 14.7 Å². The Labute approximate surface area is 222 Å². The molecule has 1 N–H and O–H groups in total. The lowest BCUT2D eigenvalue weighted by molar-refractivity contribution is -0.140. The third kappa shape index (κ3) is 5.65. The highest BCUT2D eigenvalue weighted by atomic mass is 35.5. The normalized spacial score (nSPS) is 16.9. The number of aryl methyl sites for hydroxylation is 1. The van der Waals surface area contributed by atoms with Gasteiger partial charge in [0.25, 0.3) is 11.7 Å². The van der Waals surface area contributed by atoms with Crippen LogP contribution in [0.1, 0.15) is 42.1 Å². The topological polar surface area (TPSA) is 76.1 Å². The van der Waals surface area contributed by atoms with Crippen molar-refractivity contribution in [2.45, 2.75) is 33.4 Å². The van der Waals surface area contributed by atoms with Crippen molar-refractivity contribution >= 4 is 29.1 Å². The van der Waals surface area contributed by atoms with Gasteiger partial charge in [-0.25, -0.2) is 0 Å². The second kappa shape index (κ2) is 11.1. The average Bonchev–Trinajstić information content (AvgIpc) is 3.13. The standard InChI is InChI=1S/C30H30ClNO5/c1-18(2)17-37-25-14-9-22(15-19(25)3)28(33)26-27(21-7-10-23(31)11-8-21)32(30(35)29(26)34)16-20-5-12-24(36-4)13-6-20/h5-15,18,27,33H,16-17H2,1-4H3/b28-26-. The number of carbonyl (C=O) groups is 2. The van der Waals surface area contributed by atoms with E-state index in [2.05, 4.69) is 13.8 Å². The van der Waals surface area contributed by atoms with Gasteiger partial charge in [0.05, 0.1) is 25.3 Å². The third-order valence-corrected chi connectivity index (χ3v) is 6.51. The summed E-state index contributed by atoms with van der Waals surface area (Å²) >= 11 is 6.11. The van der Waals surface area contributed by atoms with E-state index in [4.69, 9.17) is 21.1 Å². The number of ether oxygens (including phenoxy) is 2. The van der Waals surface area contributed by atoms with Crippen LogP contribution in [0.5, 0.6) is 11.5 Å². The van der Waals surface area contributed by atoms with Gasteiger partial charge in [0.15, 0.2) is 0 Å². The summed E-state index contributed by atoms with van der Waals surface area (Å²) in [5.74, 6) is 0.132. The summed E-state index contributed by atoms with van der Waals surface area (Å²) in [5.41, 5.74) is 2.79. The zero-order valence-electron chi connectivity index (χ0n) is 21.3. The first kappa shape index (κ1) is 26.3. The summed E-state index contributed by atoms with van der Waals surface area (Å²) < 4.78 is 11.1. The molecule has 0 bridgehead atoms. The molecule has 0 radical (unpaired) electrons. The van der Waals surface area contributed by atoms with Gasteiger partial charge in [-0.2, -0.15) is 0 Å². The SMILES string of the molecule is COc1ccc(CN2C(=O)C(=O)/C(=C(\O)c3ccc(OCC(C)C)c(C)c3)C2c2ccc(Cl)cc2)cc1. The van der Waals surface area contributed by atoms with E-state index in [1.807, 2.05) is 19.1 Å².